The standard InChI is InChI=1S/C22H26N2O7/c1-12(26)17-16-9-15(13-6-5-7-14(8-13)23-10-25)18(24(16)19(17)27)20(28)30-11-31-21(29)22(2,3)4/h5-8,10,12,16-17,26H,9,11H2,1-4H3,(H,23,25)/t12-,16-,17-/m1/s1. The summed E-state index contributed by atoms with van der Waals surface area (Å²) in [6.45, 7) is 5.99. The lowest BCUT2D eigenvalue weighted by Crippen LogP contribution is -2.61. The van der Waals surface area contributed by atoms with Crippen LogP contribution in [0.2, 0.25) is 0 Å². The highest BCUT2D eigenvalue weighted by Crippen LogP contribution is 2.47. The Hall–Kier alpha value is -3.20. The van der Waals surface area contributed by atoms with Crippen molar-refractivity contribution >= 4 is 35.5 Å². The van der Waals surface area contributed by atoms with E-state index in [0.29, 0.717) is 29.7 Å². The number of ether oxygens (including phenoxy) is 2. The maximum Gasteiger partial charge on any atom is 0.358 e. The van der Waals surface area contributed by atoms with Crippen molar-refractivity contribution in [3.8, 4) is 0 Å². The fourth-order valence-electron chi connectivity index (χ4n) is 3.80. The van der Waals surface area contributed by atoms with Gasteiger partial charge in [0, 0.05) is 5.69 Å². The highest BCUT2D eigenvalue weighted by Gasteiger charge is 2.57. The summed E-state index contributed by atoms with van der Waals surface area (Å²) in [5.74, 6) is -2.31. The first kappa shape index (κ1) is 22.5. The molecule has 1 fully saturated rings. The van der Waals surface area contributed by atoms with Crippen molar-refractivity contribution in [3.63, 3.8) is 0 Å². The monoisotopic (exact) mass is 430 g/mol. The summed E-state index contributed by atoms with van der Waals surface area (Å²) in [5.41, 5.74) is 1.03. The highest BCUT2D eigenvalue weighted by molar-refractivity contribution is 6.07. The minimum Gasteiger partial charge on any atom is -0.427 e. The number of rotatable bonds is 7. The van der Waals surface area contributed by atoms with E-state index in [9.17, 15) is 24.3 Å². The van der Waals surface area contributed by atoms with Crippen LogP contribution in [-0.4, -0.2) is 53.2 Å². The maximum absolute atomic E-state index is 12.9. The molecule has 0 bridgehead atoms. The SMILES string of the molecule is C[C@@H](O)[C@H]1C(=O)N2C(C(=O)OCOC(=O)C(C)(C)C)=C(c3cccc(NC=O)c3)C[C@H]12. The van der Waals surface area contributed by atoms with Gasteiger partial charge in [-0.15, -0.1) is 0 Å². The number of nitrogens with zero attached hydrogens (tertiary/aromatic N) is 1. The number of esters is 2. The zero-order valence-corrected chi connectivity index (χ0v) is 17.9. The van der Waals surface area contributed by atoms with E-state index in [0.717, 1.165) is 0 Å². The molecule has 3 atom stereocenters. The van der Waals surface area contributed by atoms with Crippen LogP contribution in [0.3, 0.4) is 0 Å². The van der Waals surface area contributed by atoms with Gasteiger partial charge in [0.05, 0.1) is 23.5 Å². The Morgan fingerprint density at radius 1 is 1.32 bits per heavy atom. The summed E-state index contributed by atoms with van der Waals surface area (Å²) in [7, 11) is 0. The Bertz CT molecular complexity index is 945. The number of fused-ring (bicyclic) bond motifs is 1. The van der Waals surface area contributed by atoms with Crippen molar-refractivity contribution in [1.82, 2.24) is 4.90 Å². The third-order valence-corrected chi connectivity index (χ3v) is 5.35. The van der Waals surface area contributed by atoms with Gasteiger partial charge < -0.3 is 24.8 Å². The molecule has 2 aliphatic heterocycles. The number of β-lactam (4-membered cyclic amide) rings is 1. The molecule has 0 aliphatic carbocycles. The van der Waals surface area contributed by atoms with Crippen LogP contribution < -0.4 is 5.32 Å². The Balaban J connectivity index is 1.88. The number of hydrogen-bond acceptors (Lipinski definition) is 7. The van der Waals surface area contributed by atoms with E-state index in [-0.39, 0.29) is 17.6 Å². The van der Waals surface area contributed by atoms with Gasteiger partial charge >= 0.3 is 11.9 Å². The van der Waals surface area contributed by atoms with Crippen molar-refractivity contribution in [1.29, 1.82) is 0 Å². The second-order valence-corrected chi connectivity index (χ2v) is 8.65. The summed E-state index contributed by atoms with van der Waals surface area (Å²) >= 11 is 0. The summed E-state index contributed by atoms with van der Waals surface area (Å²) in [6.07, 6.45) is 0.0280. The molecule has 2 heterocycles. The predicted molar refractivity (Wildman–Crippen MR) is 110 cm³/mol. The molecule has 166 valence electrons. The number of aliphatic hydroxyl groups excluding tert-OH is 1. The van der Waals surface area contributed by atoms with E-state index in [1.807, 2.05) is 0 Å². The van der Waals surface area contributed by atoms with Gasteiger partial charge in [0.2, 0.25) is 19.1 Å². The van der Waals surface area contributed by atoms with Crippen LogP contribution in [0.25, 0.3) is 5.57 Å². The van der Waals surface area contributed by atoms with Crippen LogP contribution >= 0.6 is 0 Å². The van der Waals surface area contributed by atoms with Gasteiger partial charge in [-0.05, 0) is 57.4 Å². The summed E-state index contributed by atoms with van der Waals surface area (Å²) in [4.78, 5) is 49.5. The van der Waals surface area contributed by atoms with E-state index in [4.69, 9.17) is 9.47 Å². The van der Waals surface area contributed by atoms with E-state index < -0.39 is 36.2 Å². The lowest BCUT2D eigenvalue weighted by Gasteiger charge is -2.44. The molecule has 1 aromatic carbocycles. The molecule has 9 heteroatoms. The number of aliphatic hydroxyl groups is 1. The number of nitrogens with one attached hydrogen (secondary N) is 1. The fraction of sp³-hybridized carbons (Fsp3) is 0.455. The lowest BCUT2D eigenvalue weighted by atomic mass is 9.82. The number of amides is 2. The molecule has 0 spiro atoms. The minimum absolute atomic E-state index is 0.0574. The summed E-state index contributed by atoms with van der Waals surface area (Å²) in [5, 5.41) is 12.5. The van der Waals surface area contributed by atoms with Gasteiger partial charge in [-0.2, -0.15) is 0 Å². The smallest absolute Gasteiger partial charge is 0.358 e. The van der Waals surface area contributed by atoms with Crippen LogP contribution in [0.15, 0.2) is 30.0 Å². The fourth-order valence-corrected chi connectivity index (χ4v) is 3.80. The first-order valence-corrected chi connectivity index (χ1v) is 9.95. The molecule has 3 rings (SSSR count). The van der Waals surface area contributed by atoms with Crippen LogP contribution in [0.5, 0.6) is 0 Å². The van der Waals surface area contributed by atoms with Gasteiger partial charge in [-0.3, -0.25) is 14.4 Å². The Labute approximate surface area is 180 Å². The van der Waals surface area contributed by atoms with Crippen LogP contribution in [0, 0.1) is 11.3 Å². The quantitative estimate of drug-likeness (QED) is 0.292. The largest absolute Gasteiger partial charge is 0.427 e. The summed E-state index contributed by atoms with van der Waals surface area (Å²) < 4.78 is 10.1. The number of hydrogen-bond donors (Lipinski definition) is 2. The summed E-state index contributed by atoms with van der Waals surface area (Å²) in [6, 6.07) is 6.47. The van der Waals surface area contributed by atoms with E-state index in [1.165, 1.54) is 11.8 Å². The van der Waals surface area contributed by atoms with E-state index >= 15 is 0 Å². The molecule has 0 aromatic heterocycles. The molecule has 2 N–H and O–H groups in total. The van der Waals surface area contributed by atoms with Crippen molar-refractivity contribution in [2.45, 2.75) is 46.3 Å². The van der Waals surface area contributed by atoms with Crippen molar-refractivity contribution < 1.29 is 33.8 Å². The highest BCUT2D eigenvalue weighted by atomic mass is 16.7. The number of anilines is 1. The van der Waals surface area contributed by atoms with Crippen molar-refractivity contribution in [3.05, 3.63) is 35.5 Å². The average Bonchev–Trinajstić information content (AvgIpc) is 3.02. The molecule has 1 aromatic rings. The second kappa shape index (κ2) is 8.50. The van der Waals surface area contributed by atoms with Gasteiger partial charge in [-0.25, -0.2) is 4.79 Å². The predicted octanol–water partition coefficient (Wildman–Crippen LogP) is 1.67. The molecule has 0 saturated carbocycles. The van der Waals surface area contributed by atoms with Crippen LogP contribution in [-0.2, 0) is 28.7 Å². The molecule has 31 heavy (non-hydrogen) atoms. The lowest BCUT2D eigenvalue weighted by molar-refractivity contribution is -0.175. The van der Waals surface area contributed by atoms with Crippen molar-refractivity contribution in [2.24, 2.45) is 11.3 Å². The normalized spacial score (nSPS) is 21.2. The molecule has 1 saturated heterocycles. The van der Waals surface area contributed by atoms with Crippen LogP contribution in [0.4, 0.5) is 5.69 Å². The van der Waals surface area contributed by atoms with Gasteiger partial charge in [-0.1, -0.05) is 12.1 Å². The molecule has 0 unspecified atom stereocenters. The zero-order chi connectivity index (χ0) is 22.9. The number of carbonyl (C=O) groups excluding carboxylic acids is 4. The number of benzene rings is 1. The van der Waals surface area contributed by atoms with Crippen LogP contribution in [0.1, 0.15) is 39.7 Å². The third-order valence-electron chi connectivity index (χ3n) is 5.35. The van der Waals surface area contributed by atoms with Gasteiger partial charge in [0.15, 0.2) is 0 Å². The first-order chi connectivity index (χ1) is 14.6. The van der Waals surface area contributed by atoms with Gasteiger partial charge in [0.1, 0.15) is 5.70 Å². The minimum atomic E-state index is -0.860. The molecular weight excluding hydrogens is 404 g/mol. The topological polar surface area (TPSA) is 122 Å². The Kier molecular flexibility index (Phi) is 6.17. The molecular formula is C22H26N2O7. The molecule has 2 amide bonds. The first-order valence-electron chi connectivity index (χ1n) is 9.95. The molecule has 2 aliphatic rings. The number of carbonyl (C=O) groups is 4. The average molecular weight is 430 g/mol. The molecule has 9 nitrogen and oxygen atoms in total. The third kappa shape index (κ3) is 4.32. The van der Waals surface area contributed by atoms with Crippen molar-refractivity contribution in [2.75, 3.05) is 12.1 Å². The maximum atomic E-state index is 12.9. The molecule has 0 radical (unpaired) electrons. The Morgan fingerprint density at radius 2 is 2.03 bits per heavy atom. The second-order valence-electron chi connectivity index (χ2n) is 8.65. The zero-order valence-electron chi connectivity index (χ0n) is 17.9. The van der Waals surface area contributed by atoms with E-state index in [2.05, 4.69) is 5.32 Å². The van der Waals surface area contributed by atoms with Gasteiger partial charge in [0.25, 0.3) is 0 Å². The Morgan fingerprint density at radius 3 is 2.65 bits per heavy atom. The van der Waals surface area contributed by atoms with E-state index in [1.54, 1.807) is 45.0 Å².